The summed E-state index contributed by atoms with van der Waals surface area (Å²) >= 11 is 0. The first kappa shape index (κ1) is 23.2. The van der Waals surface area contributed by atoms with Gasteiger partial charge >= 0.3 is 0 Å². The number of methoxy groups -OCH3 is 1. The number of benzene rings is 2. The van der Waals surface area contributed by atoms with E-state index >= 15 is 0 Å². The summed E-state index contributed by atoms with van der Waals surface area (Å²) in [5.74, 6) is 1.11. The van der Waals surface area contributed by atoms with Crippen LogP contribution in [0, 0.1) is 5.82 Å². The first-order chi connectivity index (χ1) is 12.7. The molecule has 2 N–H and O–H groups in total. The molecule has 0 fully saturated rings. The first-order valence-corrected chi connectivity index (χ1v) is 8.73. The summed E-state index contributed by atoms with van der Waals surface area (Å²) in [4.78, 5) is 4.45. The third kappa shape index (κ3) is 8.57. The van der Waals surface area contributed by atoms with Gasteiger partial charge < -0.3 is 20.1 Å². The van der Waals surface area contributed by atoms with E-state index in [0.717, 1.165) is 17.9 Å². The molecular weight excluding hydrogens is 460 g/mol. The standard InChI is InChI=1S/C20H26FN3O2.HI/c1-3-22-20(23-15-16-8-4-5-11-19(16)21)24-17-9-6-10-18(14-17)26-13-7-12-25-2;/h4-6,8-11,14H,3,7,12-13,15H2,1-2H3,(H2,22,23,24);1H. The van der Waals surface area contributed by atoms with Crippen LogP contribution in [0.2, 0.25) is 0 Å². The summed E-state index contributed by atoms with van der Waals surface area (Å²) in [7, 11) is 1.67. The fourth-order valence-electron chi connectivity index (χ4n) is 2.29. The van der Waals surface area contributed by atoms with Crippen LogP contribution < -0.4 is 15.4 Å². The minimum Gasteiger partial charge on any atom is -0.493 e. The molecule has 2 aromatic rings. The summed E-state index contributed by atoms with van der Waals surface area (Å²) in [6.45, 7) is 4.21. The summed E-state index contributed by atoms with van der Waals surface area (Å²) in [5.41, 5.74) is 1.41. The zero-order chi connectivity index (χ0) is 18.6. The molecule has 0 heterocycles. The monoisotopic (exact) mass is 487 g/mol. The van der Waals surface area contributed by atoms with E-state index in [1.165, 1.54) is 6.07 Å². The molecule has 0 atom stereocenters. The Bertz CT molecular complexity index is 713. The van der Waals surface area contributed by atoms with Gasteiger partial charge in [0.2, 0.25) is 0 Å². The molecule has 2 rings (SSSR count). The molecule has 0 aromatic heterocycles. The minimum absolute atomic E-state index is 0. The molecule has 0 unspecified atom stereocenters. The highest BCUT2D eigenvalue weighted by Gasteiger charge is 2.03. The maximum Gasteiger partial charge on any atom is 0.196 e. The van der Waals surface area contributed by atoms with Gasteiger partial charge in [0.25, 0.3) is 0 Å². The molecule has 2 aromatic carbocycles. The second-order valence-corrected chi connectivity index (χ2v) is 5.63. The van der Waals surface area contributed by atoms with Crippen LogP contribution in [-0.2, 0) is 11.3 Å². The smallest absolute Gasteiger partial charge is 0.196 e. The lowest BCUT2D eigenvalue weighted by Gasteiger charge is -2.13. The van der Waals surface area contributed by atoms with Gasteiger partial charge in [0.1, 0.15) is 11.6 Å². The fraction of sp³-hybridized carbons (Fsp3) is 0.350. The highest BCUT2D eigenvalue weighted by atomic mass is 127. The Kier molecular flexibility index (Phi) is 11.4. The number of nitrogens with one attached hydrogen (secondary N) is 2. The van der Waals surface area contributed by atoms with E-state index in [9.17, 15) is 4.39 Å². The van der Waals surface area contributed by atoms with Crippen LogP contribution in [-0.4, -0.2) is 32.8 Å². The molecule has 0 amide bonds. The van der Waals surface area contributed by atoms with Crippen molar-refractivity contribution in [3.63, 3.8) is 0 Å². The van der Waals surface area contributed by atoms with Gasteiger partial charge in [-0.1, -0.05) is 24.3 Å². The quantitative estimate of drug-likeness (QED) is 0.238. The Morgan fingerprint density at radius 3 is 2.67 bits per heavy atom. The van der Waals surface area contributed by atoms with Gasteiger partial charge in [-0.15, -0.1) is 24.0 Å². The van der Waals surface area contributed by atoms with Gasteiger partial charge in [0.15, 0.2) is 5.96 Å². The lowest BCUT2D eigenvalue weighted by molar-refractivity contribution is 0.172. The van der Waals surface area contributed by atoms with Crippen LogP contribution in [0.25, 0.3) is 0 Å². The highest BCUT2D eigenvalue weighted by Crippen LogP contribution is 2.17. The third-order valence-electron chi connectivity index (χ3n) is 3.57. The minimum atomic E-state index is -0.251. The molecule has 7 heteroatoms. The summed E-state index contributed by atoms with van der Waals surface area (Å²) in [6.07, 6.45) is 0.834. The average Bonchev–Trinajstić information content (AvgIpc) is 2.65. The number of halogens is 2. The van der Waals surface area contributed by atoms with Crippen molar-refractivity contribution in [3.8, 4) is 5.75 Å². The second kappa shape index (κ2) is 13.3. The van der Waals surface area contributed by atoms with Crippen molar-refractivity contribution in [2.45, 2.75) is 19.9 Å². The van der Waals surface area contributed by atoms with Crippen molar-refractivity contribution in [1.82, 2.24) is 5.32 Å². The molecule has 0 saturated carbocycles. The van der Waals surface area contributed by atoms with Gasteiger partial charge in [0, 0.05) is 44.0 Å². The van der Waals surface area contributed by atoms with Crippen LogP contribution in [0.15, 0.2) is 53.5 Å². The van der Waals surface area contributed by atoms with Crippen molar-refractivity contribution >= 4 is 35.6 Å². The fourth-order valence-corrected chi connectivity index (χ4v) is 2.29. The molecule has 27 heavy (non-hydrogen) atoms. The second-order valence-electron chi connectivity index (χ2n) is 5.63. The lowest BCUT2D eigenvalue weighted by atomic mass is 10.2. The molecule has 0 aliphatic rings. The van der Waals surface area contributed by atoms with Gasteiger partial charge in [-0.05, 0) is 25.1 Å². The van der Waals surface area contributed by atoms with Crippen LogP contribution in [0.1, 0.15) is 18.9 Å². The largest absolute Gasteiger partial charge is 0.493 e. The Balaban J connectivity index is 0.00000364. The van der Waals surface area contributed by atoms with E-state index in [0.29, 0.717) is 31.3 Å². The Morgan fingerprint density at radius 2 is 1.93 bits per heavy atom. The van der Waals surface area contributed by atoms with Crippen LogP contribution in [0.3, 0.4) is 0 Å². The third-order valence-corrected chi connectivity index (χ3v) is 3.57. The maximum atomic E-state index is 13.7. The molecular formula is C20H27FIN3O2. The SMILES string of the molecule is CCNC(=NCc1ccccc1F)Nc1cccc(OCCCOC)c1.I. The van der Waals surface area contributed by atoms with E-state index in [1.54, 1.807) is 25.3 Å². The van der Waals surface area contributed by atoms with Crippen molar-refractivity contribution in [2.24, 2.45) is 4.99 Å². The van der Waals surface area contributed by atoms with E-state index in [2.05, 4.69) is 15.6 Å². The molecule has 0 saturated heterocycles. The zero-order valence-corrected chi connectivity index (χ0v) is 18.0. The van der Waals surface area contributed by atoms with E-state index in [1.807, 2.05) is 31.2 Å². The maximum absolute atomic E-state index is 13.7. The van der Waals surface area contributed by atoms with Crippen molar-refractivity contribution in [2.75, 3.05) is 32.2 Å². The molecule has 5 nitrogen and oxygen atoms in total. The lowest BCUT2D eigenvalue weighted by Crippen LogP contribution is -2.30. The summed E-state index contributed by atoms with van der Waals surface area (Å²) in [5, 5.41) is 6.38. The summed E-state index contributed by atoms with van der Waals surface area (Å²) < 4.78 is 24.5. The molecule has 0 spiro atoms. The number of rotatable bonds is 9. The van der Waals surface area contributed by atoms with E-state index in [4.69, 9.17) is 9.47 Å². The number of nitrogens with zero attached hydrogens (tertiary/aromatic N) is 1. The van der Waals surface area contributed by atoms with Crippen LogP contribution in [0.4, 0.5) is 10.1 Å². The van der Waals surface area contributed by atoms with Crippen molar-refractivity contribution < 1.29 is 13.9 Å². The van der Waals surface area contributed by atoms with Gasteiger partial charge in [0.05, 0.1) is 13.2 Å². The van der Waals surface area contributed by atoms with Crippen molar-refractivity contribution in [1.29, 1.82) is 0 Å². The molecule has 0 bridgehead atoms. The number of hydrogen-bond acceptors (Lipinski definition) is 3. The van der Waals surface area contributed by atoms with E-state index in [-0.39, 0.29) is 36.3 Å². The number of anilines is 1. The predicted octanol–water partition coefficient (Wildman–Crippen LogP) is 4.44. The topological polar surface area (TPSA) is 54.9 Å². The van der Waals surface area contributed by atoms with Gasteiger partial charge in [-0.25, -0.2) is 9.38 Å². The Labute approximate surface area is 177 Å². The van der Waals surface area contributed by atoms with Gasteiger partial charge in [-0.2, -0.15) is 0 Å². The number of aliphatic imine (C=N–C) groups is 1. The molecule has 148 valence electrons. The highest BCUT2D eigenvalue weighted by molar-refractivity contribution is 14.0. The van der Waals surface area contributed by atoms with Crippen LogP contribution >= 0.6 is 24.0 Å². The number of guanidine groups is 1. The van der Waals surface area contributed by atoms with Gasteiger partial charge in [-0.3, -0.25) is 0 Å². The molecule has 0 aliphatic heterocycles. The summed E-state index contributed by atoms with van der Waals surface area (Å²) in [6, 6.07) is 14.3. The molecule has 0 aliphatic carbocycles. The van der Waals surface area contributed by atoms with Crippen molar-refractivity contribution in [3.05, 3.63) is 59.9 Å². The average molecular weight is 487 g/mol. The number of ether oxygens (including phenoxy) is 2. The molecule has 0 radical (unpaired) electrons. The van der Waals surface area contributed by atoms with Crippen LogP contribution in [0.5, 0.6) is 5.75 Å². The Hall–Kier alpha value is -1.87. The normalized spacial score (nSPS) is 10.9. The number of hydrogen-bond donors (Lipinski definition) is 2. The van der Waals surface area contributed by atoms with E-state index < -0.39 is 0 Å². The Morgan fingerprint density at radius 1 is 1.11 bits per heavy atom. The predicted molar refractivity (Wildman–Crippen MR) is 119 cm³/mol. The first-order valence-electron chi connectivity index (χ1n) is 8.73. The zero-order valence-electron chi connectivity index (χ0n) is 15.7.